The molecule has 5 rings (SSSR count). The van der Waals surface area contributed by atoms with Crippen molar-refractivity contribution in [3.05, 3.63) is 66.7 Å². The minimum atomic E-state index is -0.175. The van der Waals surface area contributed by atoms with Crippen molar-refractivity contribution < 1.29 is 23.7 Å². The van der Waals surface area contributed by atoms with Crippen molar-refractivity contribution in [2.75, 3.05) is 31.6 Å². The van der Waals surface area contributed by atoms with Gasteiger partial charge in [-0.15, -0.1) is 10.2 Å². The van der Waals surface area contributed by atoms with Crippen LogP contribution in [0.15, 0.2) is 71.9 Å². The second kappa shape index (κ2) is 10.6. The molecule has 184 valence electrons. The van der Waals surface area contributed by atoms with E-state index in [0.29, 0.717) is 34.8 Å². The van der Waals surface area contributed by atoms with Crippen LogP contribution < -0.4 is 24.3 Å². The van der Waals surface area contributed by atoms with E-state index in [-0.39, 0.29) is 18.5 Å². The lowest BCUT2D eigenvalue weighted by molar-refractivity contribution is -0.113. The number of nitrogens with one attached hydrogen (secondary N) is 1. The minimum Gasteiger partial charge on any atom is -0.497 e. The van der Waals surface area contributed by atoms with Gasteiger partial charge in [0.25, 0.3) is 0 Å². The molecule has 1 amide bonds. The molecule has 0 fully saturated rings. The minimum absolute atomic E-state index is 0.145. The summed E-state index contributed by atoms with van der Waals surface area (Å²) in [6, 6.07) is 20.6. The Kier molecular flexibility index (Phi) is 6.94. The Morgan fingerprint density at radius 3 is 2.50 bits per heavy atom. The topological polar surface area (TPSA) is 96.7 Å². The van der Waals surface area contributed by atoms with Gasteiger partial charge in [-0.1, -0.05) is 11.8 Å². The number of nitrogens with zero attached hydrogens (tertiary/aromatic N) is 3. The van der Waals surface area contributed by atoms with Gasteiger partial charge < -0.3 is 24.3 Å². The highest BCUT2D eigenvalue weighted by atomic mass is 32.2. The highest BCUT2D eigenvalue weighted by Gasteiger charge is 2.19. The molecule has 0 atom stereocenters. The first-order chi connectivity index (χ1) is 17.6. The molecule has 9 nitrogen and oxygen atoms in total. The lowest BCUT2D eigenvalue weighted by Gasteiger charge is -2.12. The van der Waals surface area contributed by atoms with Crippen LogP contribution in [0.5, 0.6) is 23.0 Å². The summed E-state index contributed by atoms with van der Waals surface area (Å²) in [4.78, 5) is 12.7. The maximum absolute atomic E-state index is 12.7. The van der Waals surface area contributed by atoms with E-state index in [1.54, 1.807) is 25.3 Å². The Hall–Kier alpha value is -4.18. The Labute approximate surface area is 212 Å². The highest BCUT2D eigenvalue weighted by Crippen LogP contribution is 2.34. The molecule has 1 aromatic heterocycles. The number of ether oxygens (including phenoxy) is 4. The number of carbonyl (C=O) groups is 1. The van der Waals surface area contributed by atoms with Crippen LogP contribution in [0.25, 0.3) is 17.1 Å². The molecule has 2 heterocycles. The quantitative estimate of drug-likeness (QED) is 0.325. The van der Waals surface area contributed by atoms with Gasteiger partial charge in [-0.05, 0) is 67.6 Å². The SMILES string of the molecule is CCOc1ccc(-n2c(SCC(=O)Nc3ccc4c(c3)OCO4)nnc2-c2ccc(OC)cc2)cc1. The number of methoxy groups -OCH3 is 1. The number of anilines is 1. The maximum Gasteiger partial charge on any atom is 0.234 e. The van der Waals surface area contributed by atoms with Gasteiger partial charge in [-0.2, -0.15) is 0 Å². The van der Waals surface area contributed by atoms with Gasteiger partial charge in [0.2, 0.25) is 12.7 Å². The molecular weight excluding hydrogens is 480 g/mol. The summed E-state index contributed by atoms with van der Waals surface area (Å²) < 4.78 is 23.5. The first kappa shape index (κ1) is 23.6. The summed E-state index contributed by atoms with van der Waals surface area (Å²) in [5.41, 5.74) is 2.36. The van der Waals surface area contributed by atoms with Crippen LogP contribution in [0, 0.1) is 0 Å². The van der Waals surface area contributed by atoms with Crippen molar-refractivity contribution >= 4 is 23.4 Å². The summed E-state index contributed by atoms with van der Waals surface area (Å²) in [5, 5.41) is 12.3. The van der Waals surface area contributed by atoms with Crippen LogP contribution in [-0.4, -0.2) is 46.9 Å². The number of aromatic nitrogens is 3. The fourth-order valence-electron chi connectivity index (χ4n) is 3.68. The average Bonchev–Trinajstić information content (AvgIpc) is 3.55. The number of hydrogen-bond donors (Lipinski definition) is 1. The van der Waals surface area contributed by atoms with Gasteiger partial charge in [0, 0.05) is 23.0 Å². The third-order valence-corrected chi connectivity index (χ3v) is 6.31. The zero-order chi connectivity index (χ0) is 24.9. The van der Waals surface area contributed by atoms with Gasteiger partial charge >= 0.3 is 0 Å². The Morgan fingerprint density at radius 1 is 1.00 bits per heavy atom. The third-order valence-electron chi connectivity index (χ3n) is 5.38. The zero-order valence-corrected chi connectivity index (χ0v) is 20.6. The molecule has 1 N–H and O–H groups in total. The van der Waals surface area contributed by atoms with Crippen molar-refractivity contribution in [3.8, 4) is 40.1 Å². The highest BCUT2D eigenvalue weighted by molar-refractivity contribution is 7.99. The number of fused-ring (bicyclic) bond motifs is 1. The summed E-state index contributed by atoms with van der Waals surface area (Å²) in [6.45, 7) is 2.71. The zero-order valence-electron chi connectivity index (χ0n) is 19.8. The first-order valence-corrected chi connectivity index (χ1v) is 12.3. The number of hydrogen-bond acceptors (Lipinski definition) is 8. The van der Waals surface area contributed by atoms with Crippen LogP contribution >= 0.6 is 11.8 Å². The summed E-state index contributed by atoms with van der Waals surface area (Å²) in [5.74, 6) is 3.42. The second-order valence-corrected chi connectivity index (χ2v) is 8.64. The molecule has 0 radical (unpaired) electrons. The average molecular weight is 505 g/mol. The molecule has 4 aromatic rings. The normalized spacial score (nSPS) is 11.8. The molecule has 0 spiro atoms. The smallest absolute Gasteiger partial charge is 0.234 e. The number of benzene rings is 3. The monoisotopic (exact) mass is 504 g/mol. The molecule has 10 heteroatoms. The van der Waals surface area contributed by atoms with Gasteiger partial charge in [0.05, 0.1) is 19.5 Å². The van der Waals surface area contributed by atoms with E-state index < -0.39 is 0 Å². The van der Waals surface area contributed by atoms with E-state index in [0.717, 1.165) is 22.7 Å². The fraction of sp³-hybridized carbons (Fsp3) is 0.192. The molecule has 36 heavy (non-hydrogen) atoms. The summed E-state index contributed by atoms with van der Waals surface area (Å²) >= 11 is 1.30. The van der Waals surface area contributed by atoms with E-state index in [4.69, 9.17) is 18.9 Å². The number of rotatable bonds is 9. The molecule has 3 aromatic carbocycles. The number of amides is 1. The molecule has 0 bridgehead atoms. The predicted molar refractivity (Wildman–Crippen MR) is 136 cm³/mol. The lowest BCUT2D eigenvalue weighted by atomic mass is 10.2. The van der Waals surface area contributed by atoms with Crippen LogP contribution in [0.3, 0.4) is 0 Å². The van der Waals surface area contributed by atoms with Crippen LogP contribution in [0.4, 0.5) is 5.69 Å². The number of thioether (sulfide) groups is 1. The Bertz CT molecular complexity index is 1360. The Balaban J connectivity index is 1.38. The number of carbonyl (C=O) groups excluding carboxylic acids is 1. The van der Waals surface area contributed by atoms with Crippen molar-refractivity contribution in [1.29, 1.82) is 0 Å². The van der Waals surface area contributed by atoms with Crippen LogP contribution in [0.1, 0.15) is 6.92 Å². The van der Waals surface area contributed by atoms with E-state index in [1.807, 2.05) is 60.0 Å². The van der Waals surface area contributed by atoms with Gasteiger partial charge in [0.1, 0.15) is 11.5 Å². The van der Waals surface area contributed by atoms with E-state index >= 15 is 0 Å². The van der Waals surface area contributed by atoms with Crippen molar-refractivity contribution in [3.63, 3.8) is 0 Å². The van der Waals surface area contributed by atoms with Crippen molar-refractivity contribution in [2.45, 2.75) is 12.1 Å². The predicted octanol–water partition coefficient (Wildman–Crippen LogP) is 4.80. The molecule has 1 aliphatic heterocycles. The molecule has 0 unspecified atom stereocenters. The standard InChI is InChI=1S/C26H24N4O5S/c1-3-33-21-11-7-19(8-12-21)30-25(17-4-9-20(32-2)10-5-17)28-29-26(30)36-15-24(31)27-18-6-13-22-23(14-18)35-16-34-22/h4-14H,3,15-16H2,1-2H3,(H,27,31). The van der Waals surface area contributed by atoms with E-state index in [2.05, 4.69) is 15.5 Å². The van der Waals surface area contributed by atoms with E-state index in [1.165, 1.54) is 11.8 Å². The van der Waals surface area contributed by atoms with Crippen LogP contribution in [-0.2, 0) is 4.79 Å². The van der Waals surface area contributed by atoms with Crippen LogP contribution in [0.2, 0.25) is 0 Å². The summed E-state index contributed by atoms with van der Waals surface area (Å²) in [7, 11) is 1.63. The van der Waals surface area contributed by atoms with Gasteiger partial charge in [-0.3, -0.25) is 9.36 Å². The second-order valence-electron chi connectivity index (χ2n) is 7.70. The fourth-order valence-corrected chi connectivity index (χ4v) is 4.43. The van der Waals surface area contributed by atoms with Gasteiger partial charge in [-0.25, -0.2) is 0 Å². The van der Waals surface area contributed by atoms with Crippen molar-refractivity contribution in [1.82, 2.24) is 14.8 Å². The summed E-state index contributed by atoms with van der Waals surface area (Å²) in [6.07, 6.45) is 0. The lowest BCUT2D eigenvalue weighted by Crippen LogP contribution is -2.14. The van der Waals surface area contributed by atoms with Gasteiger partial charge in [0.15, 0.2) is 22.5 Å². The maximum atomic E-state index is 12.7. The van der Waals surface area contributed by atoms with Crippen molar-refractivity contribution in [2.24, 2.45) is 0 Å². The molecule has 0 saturated heterocycles. The molecule has 1 aliphatic rings. The molecular formula is C26H24N4O5S. The molecule has 0 aliphatic carbocycles. The molecule has 0 saturated carbocycles. The largest absolute Gasteiger partial charge is 0.497 e. The Morgan fingerprint density at radius 2 is 1.75 bits per heavy atom. The van der Waals surface area contributed by atoms with E-state index in [9.17, 15) is 4.79 Å². The third kappa shape index (κ3) is 5.08. The first-order valence-electron chi connectivity index (χ1n) is 11.3.